The first-order chi connectivity index (χ1) is 7.34. The molecule has 15 heavy (non-hydrogen) atoms. The van der Waals surface area contributed by atoms with Crippen molar-refractivity contribution in [3.8, 4) is 0 Å². The molecule has 0 spiro atoms. The van der Waals surface area contributed by atoms with Gasteiger partial charge in [-0.25, -0.2) is 5.01 Å². The van der Waals surface area contributed by atoms with Gasteiger partial charge in [-0.3, -0.25) is 5.43 Å². The summed E-state index contributed by atoms with van der Waals surface area (Å²) in [4.78, 5) is 0. The quantitative estimate of drug-likeness (QED) is 0.770. The molecule has 0 atom stereocenters. The molecule has 0 aromatic rings. The van der Waals surface area contributed by atoms with Crippen LogP contribution in [0.15, 0.2) is 0 Å². The van der Waals surface area contributed by atoms with E-state index in [1.165, 1.54) is 32.2 Å². The second-order valence-electron chi connectivity index (χ2n) is 5.09. The third-order valence-corrected chi connectivity index (χ3v) is 3.75. The van der Waals surface area contributed by atoms with E-state index in [-0.39, 0.29) is 0 Å². The Morgan fingerprint density at radius 2 is 1.80 bits per heavy atom. The van der Waals surface area contributed by atoms with Crippen LogP contribution in [0.25, 0.3) is 0 Å². The zero-order valence-corrected chi connectivity index (χ0v) is 9.87. The lowest BCUT2D eigenvalue weighted by atomic mass is 9.83. The van der Waals surface area contributed by atoms with Crippen LogP contribution < -0.4 is 5.43 Å². The van der Waals surface area contributed by atoms with Gasteiger partial charge in [0.15, 0.2) is 0 Å². The van der Waals surface area contributed by atoms with Crippen molar-refractivity contribution in [1.29, 1.82) is 0 Å². The van der Waals surface area contributed by atoms with Crippen molar-refractivity contribution >= 4 is 0 Å². The maximum absolute atomic E-state index is 5.32. The lowest BCUT2D eigenvalue weighted by Crippen LogP contribution is -2.47. The predicted molar refractivity (Wildman–Crippen MR) is 61.5 cm³/mol. The van der Waals surface area contributed by atoms with Crippen LogP contribution in [0.5, 0.6) is 0 Å². The van der Waals surface area contributed by atoms with Gasteiger partial charge in [-0.15, -0.1) is 0 Å². The predicted octanol–water partition coefficient (Wildman–Crippen LogP) is 1.65. The number of morpholine rings is 1. The first kappa shape index (κ1) is 11.4. The highest BCUT2D eigenvalue weighted by molar-refractivity contribution is 4.71. The molecular formula is C12H24N2O. The smallest absolute Gasteiger partial charge is 0.0608 e. The van der Waals surface area contributed by atoms with Crippen LogP contribution >= 0.6 is 0 Å². The molecule has 2 fully saturated rings. The first-order valence-electron chi connectivity index (χ1n) is 6.41. The molecule has 1 aliphatic heterocycles. The van der Waals surface area contributed by atoms with Gasteiger partial charge in [0.25, 0.3) is 0 Å². The van der Waals surface area contributed by atoms with E-state index in [0.29, 0.717) is 0 Å². The molecule has 3 heteroatoms. The van der Waals surface area contributed by atoms with E-state index in [0.717, 1.165) is 38.1 Å². The summed E-state index contributed by atoms with van der Waals surface area (Å²) in [6.45, 7) is 7.41. The molecule has 0 aromatic carbocycles. The third kappa shape index (κ3) is 3.74. The summed E-state index contributed by atoms with van der Waals surface area (Å²) in [7, 11) is 0. The van der Waals surface area contributed by atoms with Crippen molar-refractivity contribution in [3.05, 3.63) is 0 Å². The van der Waals surface area contributed by atoms with Gasteiger partial charge in [0.05, 0.1) is 13.2 Å². The Labute approximate surface area is 93.1 Å². The third-order valence-electron chi connectivity index (χ3n) is 3.75. The second kappa shape index (κ2) is 5.83. The van der Waals surface area contributed by atoms with Gasteiger partial charge in [0.1, 0.15) is 0 Å². The Kier molecular flexibility index (Phi) is 4.42. The van der Waals surface area contributed by atoms with Gasteiger partial charge in [0.2, 0.25) is 0 Å². The summed E-state index contributed by atoms with van der Waals surface area (Å²) in [5, 5.41) is 2.32. The largest absolute Gasteiger partial charge is 0.379 e. The average Bonchev–Trinajstić information content (AvgIpc) is 2.30. The highest BCUT2D eigenvalue weighted by Gasteiger charge is 2.19. The number of rotatable bonds is 3. The van der Waals surface area contributed by atoms with Crippen LogP contribution in [0.3, 0.4) is 0 Å². The molecule has 0 aromatic heterocycles. The molecule has 0 amide bonds. The van der Waals surface area contributed by atoms with E-state index in [4.69, 9.17) is 4.74 Å². The normalized spacial score (nSPS) is 34.2. The van der Waals surface area contributed by atoms with E-state index in [9.17, 15) is 0 Å². The second-order valence-corrected chi connectivity index (χ2v) is 5.09. The highest BCUT2D eigenvalue weighted by atomic mass is 16.5. The number of ether oxygens (including phenoxy) is 1. The van der Waals surface area contributed by atoms with Crippen molar-refractivity contribution < 1.29 is 4.74 Å². The Hall–Kier alpha value is -0.120. The van der Waals surface area contributed by atoms with E-state index in [1.807, 2.05) is 0 Å². The van der Waals surface area contributed by atoms with Gasteiger partial charge >= 0.3 is 0 Å². The molecule has 1 N–H and O–H groups in total. The van der Waals surface area contributed by atoms with Crippen LogP contribution in [0.1, 0.15) is 32.6 Å². The van der Waals surface area contributed by atoms with Crippen molar-refractivity contribution in [1.82, 2.24) is 10.4 Å². The van der Waals surface area contributed by atoms with Gasteiger partial charge in [-0.05, 0) is 24.7 Å². The SMILES string of the molecule is CC1CCC(CNN2CCOCC2)CC1. The Bertz CT molecular complexity index is 172. The van der Waals surface area contributed by atoms with Crippen LogP contribution in [-0.4, -0.2) is 37.9 Å². The summed E-state index contributed by atoms with van der Waals surface area (Å²) >= 11 is 0. The molecule has 1 heterocycles. The van der Waals surface area contributed by atoms with Crippen LogP contribution in [0.4, 0.5) is 0 Å². The fourth-order valence-corrected chi connectivity index (χ4v) is 2.51. The van der Waals surface area contributed by atoms with Crippen molar-refractivity contribution in [2.45, 2.75) is 32.6 Å². The van der Waals surface area contributed by atoms with Gasteiger partial charge in [-0.1, -0.05) is 19.8 Å². The fourth-order valence-electron chi connectivity index (χ4n) is 2.51. The Morgan fingerprint density at radius 3 is 2.47 bits per heavy atom. The van der Waals surface area contributed by atoms with Crippen LogP contribution in [0, 0.1) is 11.8 Å². The molecule has 0 unspecified atom stereocenters. The zero-order valence-electron chi connectivity index (χ0n) is 9.87. The standard InChI is InChI=1S/C12H24N2O/c1-11-2-4-12(5-3-11)10-13-14-6-8-15-9-7-14/h11-13H,2-10H2,1H3. The lowest BCUT2D eigenvalue weighted by molar-refractivity contribution is 0.00789. The van der Waals surface area contributed by atoms with Gasteiger partial charge in [-0.2, -0.15) is 0 Å². The maximum Gasteiger partial charge on any atom is 0.0608 e. The van der Waals surface area contributed by atoms with E-state index in [1.54, 1.807) is 0 Å². The monoisotopic (exact) mass is 212 g/mol. The van der Waals surface area contributed by atoms with Crippen LogP contribution in [0.2, 0.25) is 0 Å². The Morgan fingerprint density at radius 1 is 1.13 bits per heavy atom. The molecule has 1 saturated heterocycles. The van der Waals surface area contributed by atoms with E-state index in [2.05, 4.69) is 17.4 Å². The topological polar surface area (TPSA) is 24.5 Å². The molecule has 0 radical (unpaired) electrons. The Balaban J connectivity index is 1.60. The molecule has 88 valence electrons. The number of hydrogen-bond acceptors (Lipinski definition) is 3. The molecule has 2 rings (SSSR count). The first-order valence-corrected chi connectivity index (χ1v) is 6.41. The minimum Gasteiger partial charge on any atom is -0.379 e. The molecule has 3 nitrogen and oxygen atoms in total. The highest BCUT2D eigenvalue weighted by Crippen LogP contribution is 2.27. The molecule has 1 saturated carbocycles. The summed E-state index contributed by atoms with van der Waals surface area (Å²) < 4.78 is 5.32. The fraction of sp³-hybridized carbons (Fsp3) is 1.00. The number of nitrogens with zero attached hydrogens (tertiary/aromatic N) is 1. The van der Waals surface area contributed by atoms with Crippen LogP contribution in [-0.2, 0) is 4.74 Å². The van der Waals surface area contributed by atoms with Crippen molar-refractivity contribution in [2.24, 2.45) is 11.8 Å². The molecular weight excluding hydrogens is 188 g/mol. The van der Waals surface area contributed by atoms with Crippen molar-refractivity contribution in [2.75, 3.05) is 32.8 Å². The summed E-state index contributed by atoms with van der Waals surface area (Å²) in [5.41, 5.74) is 3.56. The summed E-state index contributed by atoms with van der Waals surface area (Å²) in [6, 6.07) is 0. The van der Waals surface area contributed by atoms with Crippen molar-refractivity contribution in [3.63, 3.8) is 0 Å². The van der Waals surface area contributed by atoms with E-state index >= 15 is 0 Å². The minimum absolute atomic E-state index is 0.884. The average molecular weight is 212 g/mol. The maximum atomic E-state index is 5.32. The van der Waals surface area contributed by atoms with E-state index < -0.39 is 0 Å². The lowest BCUT2D eigenvalue weighted by Gasteiger charge is -2.31. The zero-order chi connectivity index (χ0) is 10.5. The summed E-state index contributed by atoms with van der Waals surface area (Å²) in [6.07, 6.45) is 5.68. The summed E-state index contributed by atoms with van der Waals surface area (Å²) in [5.74, 6) is 1.87. The number of hydrogen-bond donors (Lipinski definition) is 1. The molecule has 1 aliphatic carbocycles. The molecule has 2 aliphatic rings. The van der Waals surface area contributed by atoms with Gasteiger partial charge < -0.3 is 4.74 Å². The minimum atomic E-state index is 0.884. The van der Waals surface area contributed by atoms with Gasteiger partial charge in [0, 0.05) is 19.6 Å². The number of hydrazine groups is 1. The number of nitrogens with one attached hydrogen (secondary N) is 1. The molecule has 0 bridgehead atoms.